The standard InChI is InChI=1S/C37H37N7O.C3H8/c1-5-27(22-45)19-34-26(4)36(41-23-40-34)42-32-12-8-10-30(24(32)2)31-11-9-13-33(25(31)3)43-37-35-29(14-15-38-37)18-28(20-39-35)21-44-16-6-7-17-44;1-3-2/h5,8-15,18-20,22-23H,4,6-7,16-17,21H2,1-3H3,(H,38,43)(H,40,41,42);3H2,1-2H3/b27-5+,34-19+;. The highest BCUT2D eigenvalue weighted by Gasteiger charge is 2.15. The lowest BCUT2D eigenvalue weighted by Gasteiger charge is -2.18. The summed E-state index contributed by atoms with van der Waals surface area (Å²) in [4.78, 5) is 32.1. The van der Waals surface area contributed by atoms with Crippen LogP contribution in [0.25, 0.3) is 34.7 Å². The predicted octanol–water partition coefficient (Wildman–Crippen LogP) is 7.54. The summed E-state index contributed by atoms with van der Waals surface area (Å²) in [5, 5.41) is 9.30. The number of nitrogens with one attached hydrogen (secondary N) is 2. The smallest absolute Gasteiger partial charge is 0.156 e. The Labute approximate surface area is 283 Å². The van der Waals surface area contributed by atoms with E-state index < -0.39 is 0 Å². The maximum Gasteiger partial charge on any atom is 0.156 e. The van der Waals surface area contributed by atoms with E-state index in [4.69, 9.17) is 4.98 Å². The van der Waals surface area contributed by atoms with Gasteiger partial charge in [0, 0.05) is 46.5 Å². The zero-order valence-electron chi connectivity index (χ0n) is 28.7. The van der Waals surface area contributed by atoms with Crippen molar-refractivity contribution in [3.63, 3.8) is 0 Å². The highest BCUT2D eigenvalue weighted by atomic mass is 16.1. The number of rotatable bonds is 9. The van der Waals surface area contributed by atoms with Crippen molar-refractivity contribution in [1.82, 2.24) is 24.8 Å². The average Bonchev–Trinajstić information content (AvgIpc) is 3.60. The van der Waals surface area contributed by atoms with E-state index in [1.165, 1.54) is 31.2 Å². The zero-order chi connectivity index (χ0) is 34.0. The van der Waals surface area contributed by atoms with Crippen molar-refractivity contribution in [2.45, 2.75) is 60.4 Å². The molecule has 0 radical (unpaired) electrons. The van der Waals surface area contributed by atoms with Crippen LogP contribution in [0.4, 0.5) is 23.0 Å². The molecule has 8 nitrogen and oxygen atoms in total. The van der Waals surface area contributed by atoms with Crippen molar-refractivity contribution in [2.75, 3.05) is 23.7 Å². The van der Waals surface area contributed by atoms with Gasteiger partial charge >= 0.3 is 0 Å². The maximum absolute atomic E-state index is 11.3. The molecular weight excluding hydrogens is 594 g/mol. The van der Waals surface area contributed by atoms with Gasteiger partial charge in [-0.2, -0.15) is 0 Å². The number of aldehydes is 1. The first-order valence-electron chi connectivity index (χ1n) is 16.7. The number of aromatic nitrogens is 4. The molecule has 8 heteroatoms. The first-order valence-corrected chi connectivity index (χ1v) is 16.7. The number of pyridine rings is 2. The first-order chi connectivity index (χ1) is 23.4. The molecule has 3 aromatic heterocycles. The average molecular weight is 640 g/mol. The minimum absolute atomic E-state index is 0.531. The molecule has 0 bridgehead atoms. The highest BCUT2D eigenvalue weighted by Crippen LogP contribution is 2.35. The summed E-state index contributed by atoms with van der Waals surface area (Å²) in [6, 6.07) is 16.7. The van der Waals surface area contributed by atoms with Crippen molar-refractivity contribution in [3.05, 3.63) is 106 Å². The zero-order valence-corrected chi connectivity index (χ0v) is 28.7. The number of carbonyl (C=O) groups excluding carboxylic acids is 1. The van der Waals surface area contributed by atoms with Gasteiger partial charge in [-0.15, -0.1) is 0 Å². The first kappa shape index (κ1) is 34.1. The van der Waals surface area contributed by atoms with Crippen molar-refractivity contribution >= 4 is 52.9 Å². The minimum Gasteiger partial charge on any atom is -0.339 e. The summed E-state index contributed by atoms with van der Waals surface area (Å²) in [5.74, 6) is 1.32. The van der Waals surface area contributed by atoms with Crippen LogP contribution in [0.3, 0.4) is 0 Å². The Balaban J connectivity index is 0.00000145. The van der Waals surface area contributed by atoms with Gasteiger partial charge in [0.1, 0.15) is 23.9 Å². The van der Waals surface area contributed by atoms with Crippen LogP contribution in [0.5, 0.6) is 0 Å². The third-order valence-corrected chi connectivity index (χ3v) is 8.48. The second kappa shape index (κ2) is 16.1. The maximum atomic E-state index is 11.3. The highest BCUT2D eigenvalue weighted by molar-refractivity contribution is 5.91. The summed E-state index contributed by atoms with van der Waals surface area (Å²) in [5.41, 5.74) is 8.88. The Morgan fingerprint density at radius 1 is 0.896 bits per heavy atom. The number of anilines is 4. The van der Waals surface area contributed by atoms with Gasteiger partial charge in [-0.25, -0.2) is 15.0 Å². The second-order valence-corrected chi connectivity index (χ2v) is 12.1. The number of likely N-dealkylation sites (tertiary alicyclic amines) is 1. The Hall–Kier alpha value is -5.21. The number of carbonyl (C=O) groups is 1. The number of benzene rings is 2. The van der Waals surface area contributed by atoms with Crippen LogP contribution >= 0.6 is 0 Å². The van der Waals surface area contributed by atoms with Crippen molar-refractivity contribution < 1.29 is 4.79 Å². The molecule has 0 atom stereocenters. The number of hydrogen-bond donors (Lipinski definition) is 2. The number of nitrogens with zero attached hydrogens (tertiary/aromatic N) is 5. The molecule has 48 heavy (non-hydrogen) atoms. The largest absolute Gasteiger partial charge is 0.339 e. The monoisotopic (exact) mass is 639 g/mol. The van der Waals surface area contributed by atoms with Crippen molar-refractivity contribution in [3.8, 4) is 11.1 Å². The molecule has 1 aliphatic heterocycles. The summed E-state index contributed by atoms with van der Waals surface area (Å²) in [6.45, 7) is 17.7. The van der Waals surface area contributed by atoms with Crippen molar-refractivity contribution in [1.29, 1.82) is 0 Å². The quantitative estimate of drug-likeness (QED) is 0.126. The lowest BCUT2D eigenvalue weighted by molar-refractivity contribution is -0.104. The summed E-state index contributed by atoms with van der Waals surface area (Å²) in [7, 11) is 0. The third-order valence-electron chi connectivity index (χ3n) is 8.48. The fourth-order valence-electron chi connectivity index (χ4n) is 5.86. The molecule has 246 valence electrons. The predicted molar refractivity (Wildman–Crippen MR) is 199 cm³/mol. The summed E-state index contributed by atoms with van der Waals surface area (Å²) >= 11 is 0. The molecule has 1 aliphatic rings. The topological polar surface area (TPSA) is 95.9 Å². The molecule has 1 saturated heterocycles. The van der Waals surface area contributed by atoms with Crippen LogP contribution in [0.15, 0.2) is 78.9 Å². The Kier molecular flexibility index (Phi) is 11.4. The summed E-state index contributed by atoms with van der Waals surface area (Å²) < 4.78 is 0. The molecular formula is C40H45N7O. The lowest BCUT2D eigenvalue weighted by Crippen LogP contribution is -2.30. The second-order valence-electron chi connectivity index (χ2n) is 12.1. The number of hydrogen-bond acceptors (Lipinski definition) is 8. The van der Waals surface area contributed by atoms with Crippen LogP contribution in [0, 0.1) is 13.8 Å². The van der Waals surface area contributed by atoms with Gasteiger partial charge in [-0.05, 0) is 105 Å². The minimum atomic E-state index is 0.531. The molecule has 0 unspecified atom stereocenters. The van der Waals surface area contributed by atoms with Gasteiger partial charge in [0.15, 0.2) is 5.82 Å². The van der Waals surface area contributed by atoms with Crippen LogP contribution in [0.2, 0.25) is 0 Å². The van der Waals surface area contributed by atoms with Gasteiger partial charge in [0.2, 0.25) is 0 Å². The fraction of sp³-hybridized carbons (Fsp3) is 0.275. The Morgan fingerprint density at radius 3 is 2.17 bits per heavy atom. The van der Waals surface area contributed by atoms with Gasteiger partial charge in [-0.1, -0.05) is 57.2 Å². The Morgan fingerprint density at radius 2 is 1.54 bits per heavy atom. The van der Waals surface area contributed by atoms with Gasteiger partial charge in [0.05, 0.1) is 5.35 Å². The molecule has 6 rings (SSSR count). The van der Waals surface area contributed by atoms with Crippen LogP contribution in [-0.4, -0.2) is 44.2 Å². The van der Waals surface area contributed by atoms with E-state index in [1.807, 2.05) is 37.5 Å². The van der Waals surface area contributed by atoms with Gasteiger partial charge in [0.25, 0.3) is 0 Å². The van der Waals surface area contributed by atoms with E-state index in [1.54, 1.807) is 12.2 Å². The molecule has 0 saturated carbocycles. The molecule has 0 spiro atoms. The molecule has 0 amide bonds. The molecule has 2 aromatic carbocycles. The molecule has 4 heterocycles. The van der Waals surface area contributed by atoms with Gasteiger partial charge in [-0.3, -0.25) is 14.7 Å². The SMILES string of the molecule is C=c1c(Nc2cccc(-c3cccc(Nc4nccc5cc(CN6CCCC6)cnc45)c3C)c2C)ncn/c1=C/C(C=O)=C\C.CCC. The number of allylic oxidation sites excluding steroid dienone is 2. The molecule has 2 N–H and O–H groups in total. The lowest BCUT2D eigenvalue weighted by atomic mass is 9.94. The fourth-order valence-corrected chi connectivity index (χ4v) is 5.86. The van der Waals surface area contributed by atoms with E-state index in [-0.39, 0.29) is 0 Å². The van der Waals surface area contributed by atoms with E-state index in [0.29, 0.717) is 22.0 Å². The van der Waals surface area contributed by atoms with Crippen LogP contribution in [-0.2, 0) is 11.3 Å². The van der Waals surface area contributed by atoms with E-state index >= 15 is 0 Å². The van der Waals surface area contributed by atoms with E-state index in [0.717, 1.165) is 76.3 Å². The molecule has 1 fully saturated rings. The normalized spacial score (nSPS) is 13.7. The van der Waals surface area contributed by atoms with Crippen LogP contribution in [0.1, 0.15) is 56.7 Å². The van der Waals surface area contributed by atoms with Gasteiger partial charge < -0.3 is 10.6 Å². The van der Waals surface area contributed by atoms with E-state index in [2.05, 4.69) is 95.1 Å². The molecule has 0 aliphatic carbocycles. The van der Waals surface area contributed by atoms with Crippen molar-refractivity contribution in [2.24, 2.45) is 0 Å². The number of fused-ring (bicyclic) bond motifs is 1. The Bertz CT molecular complexity index is 2050. The molecule has 5 aromatic rings. The van der Waals surface area contributed by atoms with Crippen LogP contribution < -0.4 is 21.2 Å². The van der Waals surface area contributed by atoms with E-state index in [9.17, 15) is 4.79 Å². The summed E-state index contributed by atoms with van der Waals surface area (Å²) in [6.07, 6.45) is 13.3. The third kappa shape index (κ3) is 7.83.